The molecule has 0 fully saturated rings. The molecule has 0 saturated carbocycles. The van der Waals surface area contributed by atoms with E-state index in [9.17, 15) is 9.59 Å². The Labute approximate surface area is 159 Å². The number of carbonyl (C=O) groups is 2. The van der Waals surface area contributed by atoms with Crippen LogP contribution in [0.5, 0.6) is 11.5 Å². The largest absolute Gasteiger partial charge is 0.490 e. The Morgan fingerprint density at radius 1 is 1.27 bits per heavy atom. The van der Waals surface area contributed by atoms with Gasteiger partial charge in [-0.15, -0.1) is 11.6 Å². The molecule has 0 aromatic heterocycles. The van der Waals surface area contributed by atoms with Crippen LogP contribution in [0, 0.1) is 5.92 Å². The Morgan fingerprint density at radius 3 is 2.69 bits per heavy atom. The number of alkyl halides is 1. The van der Waals surface area contributed by atoms with E-state index in [4.69, 9.17) is 21.1 Å². The van der Waals surface area contributed by atoms with E-state index in [2.05, 4.69) is 5.32 Å². The van der Waals surface area contributed by atoms with Gasteiger partial charge in [0.25, 0.3) is 5.91 Å². The van der Waals surface area contributed by atoms with Gasteiger partial charge in [-0.3, -0.25) is 9.59 Å². The lowest BCUT2D eigenvalue weighted by molar-refractivity contribution is -0.119. The van der Waals surface area contributed by atoms with E-state index >= 15 is 0 Å². The summed E-state index contributed by atoms with van der Waals surface area (Å²) in [6, 6.07) is 5.32. The summed E-state index contributed by atoms with van der Waals surface area (Å²) in [4.78, 5) is 26.1. The van der Waals surface area contributed by atoms with Gasteiger partial charge in [-0.05, 0) is 24.5 Å². The lowest BCUT2D eigenvalue weighted by Crippen LogP contribution is -2.42. The van der Waals surface area contributed by atoms with Gasteiger partial charge in [-0.25, -0.2) is 0 Å². The minimum absolute atomic E-state index is 0.0380. The van der Waals surface area contributed by atoms with Gasteiger partial charge < -0.3 is 19.7 Å². The molecule has 1 aliphatic heterocycles. The number of hydrogen-bond donors (Lipinski definition) is 1. The molecule has 1 atom stereocenters. The monoisotopic (exact) mass is 382 g/mol. The molecule has 1 aromatic carbocycles. The number of halogens is 1. The first kappa shape index (κ1) is 20.4. The molecule has 1 unspecified atom stereocenters. The molecule has 0 saturated heterocycles. The topological polar surface area (TPSA) is 67.9 Å². The zero-order valence-corrected chi connectivity index (χ0v) is 16.3. The number of amides is 2. The first-order valence-corrected chi connectivity index (χ1v) is 9.47. The zero-order chi connectivity index (χ0) is 19.1. The van der Waals surface area contributed by atoms with Crippen LogP contribution in [0.25, 0.3) is 0 Å². The summed E-state index contributed by atoms with van der Waals surface area (Å²) < 4.78 is 11.4. The van der Waals surface area contributed by atoms with Crippen LogP contribution in [0.2, 0.25) is 0 Å². The third-order valence-electron chi connectivity index (χ3n) is 4.40. The number of para-hydroxylation sites is 1. The summed E-state index contributed by atoms with van der Waals surface area (Å²) in [7, 11) is 1.75. The quantitative estimate of drug-likeness (QED) is 0.736. The van der Waals surface area contributed by atoms with Crippen molar-refractivity contribution in [2.24, 2.45) is 5.92 Å². The SMILES string of the molecule is CC(C)C(CCN(C)C(=O)c1cccc2c1OCCCO2)NC(=O)CCl. The van der Waals surface area contributed by atoms with Gasteiger partial charge in [0, 0.05) is 26.1 Å². The molecule has 0 bridgehead atoms. The highest BCUT2D eigenvalue weighted by molar-refractivity contribution is 6.27. The minimum atomic E-state index is -0.196. The van der Waals surface area contributed by atoms with Gasteiger partial charge in [0.1, 0.15) is 5.88 Å². The van der Waals surface area contributed by atoms with Gasteiger partial charge in [0.05, 0.1) is 18.8 Å². The van der Waals surface area contributed by atoms with Crippen LogP contribution in [0.1, 0.15) is 37.0 Å². The molecule has 144 valence electrons. The summed E-state index contributed by atoms with van der Waals surface area (Å²) in [5, 5.41) is 2.90. The second kappa shape index (κ2) is 9.67. The normalized spacial score (nSPS) is 14.5. The van der Waals surface area contributed by atoms with Crippen LogP contribution in [0.4, 0.5) is 0 Å². The summed E-state index contributed by atoms with van der Waals surface area (Å²) in [5.74, 6) is 0.979. The fraction of sp³-hybridized carbons (Fsp3) is 0.579. The smallest absolute Gasteiger partial charge is 0.257 e. The van der Waals surface area contributed by atoms with E-state index in [1.807, 2.05) is 19.9 Å². The van der Waals surface area contributed by atoms with Crippen molar-refractivity contribution in [2.45, 2.75) is 32.7 Å². The van der Waals surface area contributed by atoms with Crippen molar-refractivity contribution in [3.8, 4) is 11.5 Å². The zero-order valence-electron chi connectivity index (χ0n) is 15.6. The third kappa shape index (κ3) is 5.27. The molecule has 1 N–H and O–H groups in total. The molecule has 2 amide bonds. The lowest BCUT2D eigenvalue weighted by Gasteiger charge is -2.25. The van der Waals surface area contributed by atoms with Gasteiger partial charge in [0.15, 0.2) is 11.5 Å². The molecule has 1 aliphatic rings. The summed E-state index contributed by atoms with van der Waals surface area (Å²) >= 11 is 5.57. The number of carbonyl (C=O) groups excluding carboxylic acids is 2. The average Bonchev–Trinajstić information content (AvgIpc) is 2.88. The van der Waals surface area contributed by atoms with Crippen LogP contribution in [0.15, 0.2) is 18.2 Å². The van der Waals surface area contributed by atoms with E-state index < -0.39 is 0 Å². The standard InChI is InChI=1S/C19H27ClN2O4/c1-13(2)15(21-17(23)12-20)8-9-22(3)19(24)14-6-4-7-16-18(14)26-11-5-10-25-16/h4,6-7,13,15H,5,8-12H2,1-3H3,(H,21,23). The molecular formula is C19H27ClN2O4. The van der Waals surface area contributed by atoms with Crippen molar-refractivity contribution in [3.63, 3.8) is 0 Å². The maximum Gasteiger partial charge on any atom is 0.257 e. The summed E-state index contributed by atoms with van der Waals surface area (Å²) in [6.45, 7) is 5.68. The second-order valence-corrected chi connectivity index (χ2v) is 7.02. The number of hydrogen-bond acceptors (Lipinski definition) is 4. The molecule has 0 spiro atoms. The molecule has 7 heteroatoms. The predicted molar refractivity (Wildman–Crippen MR) is 101 cm³/mol. The Morgan fingerprint density at radius 2 is 2.00 bits per heavy atom. The maximum atomic E-state index is 12.9. The van der Waals surface area contributed by atoms with Gasteiger partial charge in [-0.2, -0.15) is 0 Å². The van der Waals surface area contributed by atoms with E-state index in [0.29, 0.717) is 43.2 Å². The molecular weight excluding hydrogens is 356 g/mol. The number of nitrogens with zero attached hydrogens (tertiary/aromatic N) is 1. The van der Waals surface area contributed by atoms with E-state index in [0.717, 1.165) is 6.42 Å². The first-order valence-electron chi connectivity index (χ1n) is 8.93. The number of ether oxygens (including phenoxy) is 2. The van der Waals surface area contributed by atoms with Crippen molar-refractivity contribution in [1.29, 1.82) is 0 Å². The third-order valence-corrected chi connectivity index (χ3v) is 4.64. The van der Waals surface area contributed by atoms with Crippen LogP contribution in [-0.2, 0) is 4.79 Å². The summed E-state index contributed by atoms with van der Waals surface area (Å²) in [5.41, 5.74) is 0.498. The number of fused-ring (bicyclic) bond motifs is 1. The fourth-order valence-electron chi connectivity index (χ4n) is 2.82. The van der Waals surface area contributed by atoms with Crippen molar-refractivity contribution >= 4 is 23.4 Å². The maximum absolute atomic E-state index is 12.9. The number of benzene rings is 1. The Kier molecular flexibility index (Phi) is 7.57. The second-order valence-electron chi connectivity index (χ2n) is 6.75. The van der Waals surface area contributed by atoms with Crippen molar-refractivity contribution in [1.82, 2.24) is 10.2 Å². The lowest BCUT2D eigenvalue weighted by atomic mass is 10.0. The summed E-state index contributed by atoms with van der Waals surface area (Å²) in [6.07, 6.45) is 1.43. The van der Waals surface area contributed by atoms with Crippen molar-refractivity contribution < 1.29 is 19.1 Å². The van der Waals surface area contributed by atoms with Crippen molar-refractivity contribution in [2.75, 3.05) is 32.7 Å². The molecule has 2 rings (SSSR count). The minimum Gasteiger partial charge on any atom is -0.490 e. The first-order chi connectivity index (χ1) is 12.4. The van der Waals surface area contributed by atoms with Crippen LogP contribution in [-0.4, -0.2) is 55.4 Å². The molecule has 0 radical (unpaired) electrons. The average molecular weight is 383 g/mol. The van der Waals surface area contributed by atoms with E-state index in [1.165, 1.54) is 0 Å². The molecule has 0 aliphatic carbocycles. The van der Waals surface area contributed by atoms with Crippen molar-refractivity contribution in [3.05, 3.63) is 23.8 Å². The van der Waals surface area contributed by atoms with Gasteiger partial charge in [0.2, 0.25) is 5.91 Å². The fourth-order valence-corrected chi connectivity index (χ4v) is 2.90. The highest BCUT2D eigenvalue weighted by Gasteiger charge is 2.23. The molecule has 26 heavy (non-hydrogen) atoms. The molecule has 1 heterocycles. The Hall–Kier alpha value is -1.95. The van der Waals surface area contributed by atoms with Crippen LogP contribution in [0.3, 0.4) is 0 Å². The molecule has 1 aromatic rings. The highest BCUT2D eigenvalue weighted by atomic mass is 35.5. The highest BCUT2D eigenvalue weighted by Crippen LogP contribution is 2.33. The Balaban J connectivity index is 2.04. The van der Waals surface area contributed by atoms with Crippen LogP contribution >= 0.6 is 11.6 Å². The van der Waals surface area contributed by atoms with Crippen LogP contribution < -0.4 is 14.8 Å². The predicted octanol–water partition coefficient (Wildman–Crippen LogP) is 2.69. The Bertz CT molecular complexity index is 636. The number of nitrogens with one attached hydrogen (secondary N) is 1. The van der Waals surface area contributed by atoms with Gasteiger partial charge in [-0.1, -0.05) is 19.9 Å². The van der Waals surface area contributed by atoms with E-state index in [1.54, 1.807) is 24.1 Å². The van der Waals surface area contributed by atoms with E-state index in [-0.39, 0.29) is 29.7 Å². The van der Waals surface area contributed by atoms with Gasteiger partial charge >= 0.3 is 0 Å². The molecule has 6 nitrogen and oxygen atoms in total. The number of rotatable bonds is 7.